The van der Waals surface area contributed by atoms with Gasteiger partial charge in [-0.3, -0.25) is 9.67 Å². The van der Waals surface area contributed by atoms with Gasteiger partial charge in [-0.2, -0.15) is 15.6 Å². The summed E-state index contributed by atoms with van der Waals surface area (Å²) in [4.78, 5) is 4.25. The van der Waals surface area contributed by atoms with Gasteiger partial charge < -0.3 is 9.47 Å². The number of pyridine rings is 1. The van der Waals surface area contributed by atoms with Crippen molar-refractivity contribution in [1.82, 2.24) is 14.8 Å². The van der Waals surface area contributed by atoms with Crippen molar-refractivity contribution in [3.8, 4) is 34.9 Å². The van der Waals surface area contributed by atoms with Gasteiger partial charge in [-0.05, 0) is 36.4 Å². The summed E-state index contributed by atoms with van der Waals surface area (Å²) in [5, 5.41) is 23.1. The molecule has 0 fully saturated rings. The standard InChI is InChI=1S/C21H15N5O2/c22-7-3-9-26-13-17(10-16(12-23)18-4-1-2-8-24-18)21(25-26)15-5-6-19-20(11-15)28-14-27-19/h1-2,4-6,8,10-11,13H,3,9,14H2. The van der Waals surface area contributed by atoms with Crippen molar-refractivity contribution in [2.24, 2.45) is 0 Å². The molecule has 0 radical (unpaired) electrons. The quantitative estimate of drug-likeness (QED) is 0.637. The first-order valence-corrected chi connectivity index (χ1v) is 8.66. The first-order valence-electron chi connectivity index (χ1n) is 8.66. The first kappa shape index (κ1) is 17.3. The molecule has 136 valence electrons. The number of nitrogens with zero attached hydrogens (tertiary/aromatic N) is 5. The Balaban J connectivity index is 1.80. The van der Waals surface area contributed by atoms with E-state index in [0.29, 0.717) is 41.4 Å². The number of aryl methyl sites for hydroxylation is 1. The normalized spacial score (nSPS) is 12.4. The summed E-state index contributed by atoms with van der Waals surface area (Å²) >= 11 is 0. The van der Waals surface area contributed by atoms with Gasteiger partial charge in [-0.1, -0.05) is 6.07 Å². The Morgan fingerprint density at radius 2 is 2.07 bits per heavy atom. The summed E-state index contributed by atoms with van der Waals surface area (Å²) in [6.07, 6.45) is 5.59. The molecule has 7 heteroatoms. The number of nitriles is 2. The molecule has 4 rings (SSSR count). The van der Waals surface area contributed by atoms with E-state index < -0.39 is 0 Å². The largest absolute Gasteiger partial charge is 0.454 e. The number of allylic oxidation sites excluding steroid dienone is 1. The van der Waals surface area contributed by atoms with Gasteiger partial charge >= 0.3 is 0 Å². The molecule has 0 amide bonds. The molecule has 3 aromatic rings. The minimum absolute atomic E-state index is 0.195. The molecule has 1 aliphatic rings. The third-order valence-corrected chi connectivity index (χ3v) is 4.25. The number of aromatic nitrogens is 3. The van der Waals surface area contributed by atoms with Gasteiger partial charge in [-0.15, -0.1) is 0 Å². The highest BCUT2D eigenvalue weighted by Crippen LogP contribution is 2.37. The average molecular weight is 369 g/mol. The van der Waals surface area contributed by atoms with Crippen LogP contribution < -0.4 is 9.47 Å². The van der Waals surface area contributed by atoms with Crippen LogP contribution in [-0.4, -0.2) is 21.6 Å². The lowest BCUT2D eigenvalue weighted by Gasteiger charge is -2.02. The number of rotatable bonds is 5. The van der Waals surface area contributed by atoms with Crippen LogP contribution in [0, 0.1) is 22.7 Å². The van der Waals surface area contributed by atoms with Gasteiger partial charge in [0, 0.05) is 23.5 Å². The highest BCUT2D eigenvalue weighted by molar-refractivity contribution is 5.91. The summed E-state index contributed by atoms with van der Waals surface area (Å²) in [5.41, 5.74) is 3.32. The number of ether oxygens (including phenoxy) is 2. The van der Waals surface area contributed by atoms with E-state index in [1.54, 1.807) is 29.1 Å². The number of hydrogen-bond donors (Lipinski definition) is 0. The summed E-state index contributed by atoms with van der Waals surface area (Å²) in [7, 11) is 0. The van der Waals surface area contributed by atoms with Crippen LogP contribution in [0.2, 0.25) is 0 Å². The minimum atomic E-state index is 0.195. The Labute approximate surface area is 161 Å². The number of benzene rings is 1. The van der Waals surface area contributed by atoms with E-state index >= 15 is 0 Å². The van der Waals surface area contributed by atoms with Gasteiger partial charge in [0.2, 0.25) is 6.79 Å². The predicted molar refractivity (Wildman–Crippen MR) is 102 cm³/mol. The molecule has 0 bridgehead atoms. The van der Waals surface area contributed by atoms with Gasteiger partial charge in [0.25, 0.3) is 0 Å². The molecule has 0 saturated carbocycles. The molecule has 0 aliphatic carbocycles. The summed E-state index contributed by atoms with van der Waals surface area (Å²) in [6.45, 7) is 0.660. The van der Waals surface area contributed by atoms with Gasteiger partial charge in [-0.25, -0.2) is 0 Å². The maximum absolute atomic E-state index is 9.61. The van der Waals surface area contributed by atoms with Crippen molar-refractivity contribution in [1.29, 1.82) is 10.5 Å². The molecular weight excluding hydrogens is 354 g/mol. The fourth-order valence-electron chi connectivity index (χ4n) is 2.93. The van der Waals surface area contributed by atoms with Crippen molar-refractivity contribution >= 4 is 11.6 Å². The fourth-order valence-corrected chi connectivity index (χ4v) is 2.93. The summed E-state index contributed by atoms with van der Waals surface area (Å²) < 4.78 is 12.5. The third-order valence-electron chi connectivity index (χ3n) is 4.25. The van der Waals surface area contributed by atoms with Gasteiger partial charge in [0.15, 0.2) is 11.5 Å². The molecule has 2 aromatic heterocycles. The highest BCUT2D eigenvalue weighted by atomic mass is 16.7. The van der Waals surface area contributed by atoms with E-state index in [9.17, 15) is 5.26 Å². The number of hydrogen-bond acceptors (Lipinski definition) is 6. The maximum atomic E-state index is 9.61. The van der Waals surface area contributed by atoms with Crippen LogP contribution in [0.4, 0.5) is 0 Å². The SMILES string of the molecule is N#CCCn1cc(C=C(C#N)c2ccccn2)c(-c2ccc3c(c2)OCO3)n1. The van der Waals surface area contributed by atoms with Crippen molar-refractivity contribution < 1.29 is 9.47 Å². The number of fused-ring (bicyclic) bond motifs is 1. The van der Waals surface area contributed by atoms with Crippen molar-refractivity contribution in [3.63, 3.8) is 0 Å². The van der Waals surface area contributed by atoms with Crippen LogP contribution in [0.25, 0.3) is 22.9 Å². The maximum Gasteiger partial charge on any atom is 0.231 e. The molecule has 1 aromatic carbocycles. The first-order chi connectivity index (χ1) is 13.8. The molecule has 0 N–H and O–H groups in total. The topological polar surface area (TPSA) is 96.8 Å². The second-order valence-electron chi connectivity index (χ2n) is 6.06. The van der Waals surface area contributed by atoms with E-state index in [-0.39, 0.29) is 6.79 Å². The Hall–Kier alpha value is -4.10. The zero-order valence-corrected chi connectivity index (χ0v) is 14.9. The van der Waals surface area contributed by atoms with Crippen molar-refractivity contribution in [2.45, 2.75) is 13.0 Å². The molecule has 0 unspecified atom stereocenters. The Morgan fingerprint density at radius 1 is 1.18 bits per heavy atom. The monoisotopic (exact) mass is 369 g/mol. The Kier molecular flexibility index (Phi) is 4.73. The Bertz CT molecular complexity index is 1120. The van der Waals surface area contributed by atoms with Crippen LogP contribution in [0.5, 0.6) is 11.5 Å². The second-order valence-corrected chi connectivity index (χ2v) is 6.06. The lowest BCUT2D eigenvalue weighted by atomic mass is 10.0. The Morgan fingerprint density at radius 3 is 2.86 bits per heavy atom. The van der Waals surface area contributed by atoms with Crippen LogP contribution in [0.15, 0.2) is 48.8 Å². The molecule has 28 heavy (non-hydrogen) atoms. The van der Waals surface area contributed by atoms with Crippen LogP contribution in [0.3, 0.4) is 0 Å². The van der Waals surface area contributed by atoms with E-state index in [1.165, 1.54) is 0 Å². The molecule has 1 aliphatic heterocycles. The molecule has 0 saturated heterocycles. The van der Waals surface area contributed by atoms with Crippen molar-refractivity contribution in [3.05, 3.63) is 60.0 Å². The minimum Gasteiger partial charge on any atom is -0.454 e. The predicted octanol–water partition coefficient (Wildman–Crippen LogP) is 3.65. The van der Waals surface area contributed by atoms with E-state index in [4.69, 9.17) is 14.7 Å². The highest BCUT2D eigenvalue weighted by Gasteiger charge is 2.17. The second kappa shape index (κ2) is 7.65. The van der Waals surface area contributed by atoms with Gasteiger partial charge in [0.05, 0.1) is 36.0 Å². The zero-order valence-electron chi connectivity index (χ0n) is 14.9. The molecule has 0 atom stereocenters. The third kappa shape index (κ3) is 3.42. The molecule has 0 spiro atoms. The molecule has 7 nitrogen and oxygen atoms in total. The fraction of sp³-hybridized carbons (Fsp3) is 0.143. The van der Waals surface area contributed by atoms with E-state index in [2.05, 4.69) is 22.2 Å². The molecular formula is C21H15N5O2. The van der Waals surface area contributed by atoms with Crippen molar-refractivity contribution in [2.75, 3.05) is 6.79 Å². The van der Waals surface area contributed by atoms with Crippen LogP contribution >= 0.6 is 0 Å². The average Bonchev–Trinajstić information content (AvgIpc) is 3.37. The van der Waals surface area contributed by atoms with Crippen LogP contribution in [0.1, 0.15) is 17.7 Å². The zero-order chi connectivity index (χ0) is 19.3. The lowest BCUT2D eigenvalue weighted by molar-refractivity contribution is 0.174. The summed E-state index contributed by atoms with van der Waals surface area (Å²) in [6, 6.07) is 15.3. The lowest BCUT2D eigenvalue weighted by Crippen LogP contribution is -1.97. The van der Waals surface area contributed by atoms with Crippen LogP contribution in [-0.2, 0) is 6.54 Å². The summed E-state index contributed by atoms with van der Waals surface area (Å²) in [5.74, 6) is 1.35. The molecule has 3 heterocycles. The smallest absolute Gasteiger partial charge is 0.231 e. The van der Waals surface area contributed by atoms with Gasteiger partial charge in [0.1, 0.15) is 6.07 Å². The van der Waals surface area contributed by atoms with E-state index in [0.717, 1.165) is 11.1 Å². The van der Waals surface area contributed by atoms with E-state index in [1.807, 2.05) is 30.5 Å².